The van der Waals surface area contributed by atoms with E-state index in [2.05, 4.69) is 18.2 Å². The topological polar surface area (TPSA) is 27.1 Å². The standard InChI is InChI=1S/C8H12N2O/c1-7-4-9-10(5-7)8-2-3-11-6-8/h4-5,8H,2-3,6H2,1H3/t8-/m1/s1. The zero-order valence-corrected chi connectivity index (χ0v) is 6.66. The SMILES string of the molecule is Cc1cnn([C@@H]2CCOC2)c1. The molecular weight excluding hydrogens is 140 g/mol. The van der Waals surface area contributed by atoms with Crippen LogP contribution in [0.25, 0.3) is 0 Å². The molecule has 0 aromatic carbocycles. The Morgan fingerprint density at radius 2 is 2.64 bits per heavy atom. The summed E-state index contributed by atoms with van der Waals surface area (Å²) < 4.78 is 7.26. The predicted molar refractivity (Wildman–Crippen MR) is 41.4 cm³/mol. The monoisotopic (exact) mass is 152 g/mol. The van der Waals surface area contributed by atoms with E-state index < -0.39 is 0 Å². The normalized spacial score (nSPS) is 24.3. The smallest absolute Gasteiger partial charge is 0.0774 e. The Labute approximate surface area is 66.0 Å². The molecule has 60 valence electrons. The second-order valence-corrected chi connectivity index (χ2v) is 3.02. The van der Waals surface area contributed by atoms with Gasteiger partial charge in [-0.15, -0.1) is 0 Å². The highest BCUT2D eigenvalue weighted by atomic mass is 16.5. The van der Waals surface area contributed by atoms with E-state index in [1.165, 1.54) is 5.56 Å². The van der Waals surface area contributed by atoms with E-state index in [4.69, 9.17) is 4.74 Å². The van der Waals surface area contributed by atoms with Crippen LogP contribution in [0, 0.1) is 6.92 Å². The van der Waals surface area contributed by atoms with Crippen LogP contribution in [-0.4, -0.2) is 23.0 Å². The number of nitrogens with zero attached hydrogens (tertiary/aromatic N) is 2. The van der Waals surface area contributed by atoms with E-state index in [9.17, 15) is 0 Å². The highest BCUT2D eigenvalue weighted by Crippen LogP contribution is 2.17. The molecule has 11 heavy (non-hydrogen) atoms. The molecule has 1 aliphatic heterocycles. The fourth-order valence-corrected chi connectivity index (χ4v) is 1.36. The highest BCUT2D eigenvalue weighted by Gasteiger charge is 2.17. The summed E-state index contributed by atoms with van der Waals surface area (Å²) in [7, 11) is 0. The van der Waals surface area contributed by atoms with Gasteiger partial charge in [-0.1, -0.05) is 0 Å². The van der Waals surface area contributed by atoms with Crippen molar-refractivity contribution in [3.63, 3.8) is 0 Å². The van der Waals surface area contributed by atoms with Gasteiger partial charge in [0.15, 0.2) is 0 Å². The molecule has 0 N–H and O–H groups in total. The van der Waals surface area contributed by atoms with Gasteiger partial charge in [-0.2, -0.15) is 5.10 Å². The first-order valence-electron chi connectivity index (χ1n) is 3.95. The first-order valence-corrected chi connectivity index (χ1v) is 3.95. The molecule has 1 saturated heterocycles. The third kappa shape index (κ3) is 1.28. The maximum atomic E-state index is 5.26. The maximum Gasteiger partial charge on any atom is 0.0774 e. The zero-order valence-electron chi connectivity index (χ0n) is 6.66. The molecule has 0 unspecified atom stereocenters. The Bertz CT molecular complexity index is 238. The van der Waals surface area contributed by atoms with Gasteiger partial charge in [-0.3, -0.25) is 4.68 Å². The van der Waals surface area contributed by atoms with Gasteiger partial charge in [-0.05, 0) is 18.9 Å². The molecule has 1 aromatic rings. The molecular formula is C8H12N2O. The molecule has 1 atom stereocenters. The number of aromatic nitrogens is 2. The lowest BCUT2D eigenvalue weighted by molar-refractivity contribution is 0.184. The van der Waals surface area contributed by atoms with Crippen LogP contribution in [0.15, 0.2) is 12.4 Å². The van der Waals surface area contributed by atoms with Crippen molar-refractivity contribution in [3.05, 3.63) is 18.0 Å². The summed E-state index contributed by atoms with van der Waals surface area (Å²) in [6.07, 6.45) is 5.05. The van der Waals surface area contributed by atoms with E-state index in [-0.39, 0.29) is 0 Å². The van der Waals surface area contributed by atoms with Gasteiger partial charge >= 0.3 is 0 Å². The molecule has 0 amide bonds. The van der Waals surface area contributed by atoms with Crippen molar-refractivity contribution in [2.24, 2.45) is 0 Å². The second kappa shape index (κ2) is 2.66. The first-order chi connectivity index (χ1) is 5.36. The van der Waals surface area contributed by atoms with Crippen molar-refractivity contribution < 1.29 is 4.74 Å². The average molecular weight is 152 g/mol. The van der Waals surface area contributed by atoms with E-state index >= 15 is 0 Å². The molecule has 0 radical (unpaired) electrons. The third-order valence-corrected chi connectivity index (χ3v) is 2.01. The molecule has 3 nitrogen and oxygen atoms in total. The van der Waals surface area contributed by atoms with E-state index in [1.807, 2.05) is 10.9 Å². The highest BCUT2D eigenvalue weighted by molar-refractivity contribution is 5.00. The van der Waals surface area contributed by atoms with Crippen molar-refractivity contribution in [1.29, 1.82) is 0 Å². The molecule has 2 rings (SSSR count). The quantitative estimate of drug-likeness (QED) is 0.603. The van der Waals surface area contributed by atoms with Crippen molar-refractivity contribution in [2.75, 3.05) is 13.2 Å². The fourth-order valence-electron chi connectivity index (χ4n) is 1.36. The number of hydrogen-bond donors (Lipinski definition) is 0. The summed E-state index contributed by atoms with van der Waals surface area (Å²) in [6.45, 7) is 3.75. The molecule has 0 saturated carbocycles. The number of aryl methyl sites for hydroxylation is 1. The minimum atomic E-state index is 0.476. The molecule has 1 aliphatic rings. The Morgan fingerprint density at radius 3 is 3.18 bits per heavy atom. The van der Waals surface area contributed by atoms with Crippen molar-refractivity contribution in [3.8, 4) is 0 Å². The molecule has 1 aromatic heterocycles. The van der Waals surface area contributed by atoms with Crippen LogP contribution in [0.3, 0.4) is 0 Å². The Hall–Kier alpha value is -0.830. The van der Waals surface area contributed by atoms with Crippen LogP contribution in [-0.2, 0) is 4.74 Å². The summed E-state index contributed by atoms with van der Waals surface area (Å²) >= 11 is 0. The summed E-state index contributed by atoms with van der Waals surface area (Å²) in [4.78, 5) is 0. The van der Waals surface area contributed by atoms with Gasteiger partial charge in [0, 0.05) is 12.8 Å². The minimum Gasteiger partial charge on any atom is -0.379 e. The summed E-state index contributed by atoms with van der Waals surface area (Å²) in [5, 5.41) is 4.23. The van der Waals surface area contributed by atoms with Crippen LogP contribution in [0.1, 0.15) is 18.0 Å². The third-order valence-electron chi connectivity index (χ3n) is 2.01. The van der Waals surface area contributed by atoms with Gasteiger partial charge < -0.3 is 4.74 Å². The summed E-state index contributed by atoms with van der Waals surface area (Å²) in [5.41, 5.74) is 1.22. The Morgan fingerprint density at radius 1 is 1.73 bits per heavy atom. The van der Waals surface area contributed by atoms with Crippen LogP contribution in [0.5, 0.6) is 0 Å². The lowest BCUT2D eigenvalue weighted by Crippen LogP contribution is -2.08. The van der Waals surface area contributed by atoms with Gasteiger partial charge in [0.05, 0.1) is 18.8 Å². The van der Waals surface area contributed by atoms with Gasteiger partial charge in [0.2, 0.25) is 0 Å². The number of ether oxygens (including phenoxy) is 1. The van der Waals surface area contributed by atoms with E-state index in [0.29, 0.717) is 6.04 Å². The molecule has 0 spiro atoms. The summed E-state index contributed by atoms with van der Waals surface area (Å²) in [6, 6.07) is 0.476. The van der Waals surface area contributed by atoms with E-state index in [1.54, 1.807) is 0 Å². The molecule has 1 fully saturated rings. The molecule has 0 bridgehead atoms. The van der Waals surface area contributed by atoms with Crippen LogP contribution < -0.4 is 0 Å². The average Bonchev–Trinajstić information content (AvgIpc) is 2.55. The molecule has 3 heteroatoms. The van der Waals surface area contributed by atoms with Crippen molar-refractivity contribution >= 4 is 0 Å². The predicted octanol–water partition coefficient (Wildman–Crippen LogP) is 1.15. The lowest BCUT2D eigenvalue weighted by Gasteiger charge is -2.06. The van der Waals surface area contributed by atoms with Crippen LogP contribution >= 0.6 is 0 Å². The van der Waals surface area contributed by atoms with Gasteiger partial charge in [0.25, 0.3) is 0 Å². The fraction of sp³-hybridized carbons (Fsp3) is 0.625. The van der Waals surface area contributed by atoms with E-state index in [0.717, 1.165) is 19.6 Å². The number of hydrogen-bond acceptors (Lipinski definition) is 2. The second-order valence-electron chi connectivity index (χ2n) is 3.02. The number of rotatable bonds is 1. The van der Waals surface area contributed by atoms with Gasteiger partial charge in [-0.25, -0.2) is 0 Å². The van der Waals surface area contributed by atoms with Crippen molar-refractivity contribution in [2.45, 2.75) is 19.4 Å². The van der Waals surface area contributed by atoms with Crippen LogP contribution in [0.4, 0.5) is 0 Å². The minimum absolute atomic E-state index is 0.476. The lowest BCUT2D eigenvalue weighted by atomic mass is 10.3. The first kappa shape index (κ1) is 6.85. The Balaban J connectivity index is 2.15. The van der Waals surface area contributed by atoms with Crippen LogP contribution in [0.2, 0.25) is 0 Å². The molecule has 2 heterocycles. The largest absolute Gasteiger partial charge is 0.379 e. The van der Waals surface area contributed by atoms with Crippen molar-refractivity contribution in [1.82, 2.24) is 9.78 Å². The summed E-state index contributed by atoms with van der Waals surface area (Å²) in [5.74, 6) is 0. The zero-order chi connectivity index (χ0) is 7.68. The molecule has 0 aliphatic carbocycles. The maximum absolute atomic E-state index is 5.26. The Kier molecular flexibility index (Phi) is 1.66. The van der Waals surface area contributed by atoms with Gasteiger partial charge in [0.1, 0.15) is 0 Å².